The molecule has 1 N–H and O–H groups in total. The molecule has 0 aliphatic carbocycles. The van der Waals surface area contributed by atoms with Crippen molar-refractivity contribution in [3.63, 3.8) is 0 Å². The molecule has 1 fully saturated rings. The average Bonchev–Trinajstić information content (AvgIpc) is 2.81. The van der Waals surface area contributed by atoms with Crippen molar-refractivity contribution in [2.75, 3.05) is 19.6 Å². The van der Waals surface area contributed by atoms with Crippen LogP contribution in [0, 0.1) is 12.8 Å². The summed E-state index contributed by atoms with van der Waals surface area (Å²) < 4.78 is 29.2. The molecule has 1 amide bonds. The zero-order chi connectivity index (χ0) is 23.6. The van der Waals surface area contributed by atoms with Crippen LogP contribution in [0.15, 0.2) is 58.2 Å². The summed E-state index contributed by atoms with van der Waals surface area (Å²) in [5, 5.41) is 5.56. The van der Waals surface area contributed by atoms with Crippen molar-refractivity contribution in [1.82, 2.24) is 19.4 Å². The van der Waals surface area contributed by atoms with Gasteiger partial charge in [-0.05, 0) is 43.9 Å². The van der Waals surface area contributed by atoms with Crippen LogP contribution in [0.3, 0.4) is 0 Å². The number of nitrogens with one attached hydrogen (secondary N) is 1. The fraction of sp³-hybridized carbons (Fsp3) is 0.375. The van der Waals surface area contributed by atoms with E-state index in [1.165, 1.54) is 4.68 Å². The van der Waals surface area contributed by atoms with E-state index in [9.17, 15) is 18.0 Å². The van der Waals surface area contributed by atoms with E-state index >= 15 is 0 Å². The van der Waals surface area contributed by atoms with Gasteiger partial charge < -0.3 is 4.90 Å². The molecule has 3 aromatic rings. The average molecular weight is 469 g/mol. The van der Waals surface area contributed by atoms with Crippen molar-refractivity contribution in [2.45, 2.75) is 31.1 Å². The Bertz CT molecular complexity index is 1330. The third kappa shape index (κ3) is 5.15. The molecule has 0 saturated carbocycles. The number of carbonyl (C=O) groups is 1. The fourth-order valence-electron chi connectivity index (χ4n) is 4.25. The summed E-state index contributed by atoms with van der Waals surface area (Å²) in [4.78, 5) is 27.4. The number of aryl methyl sites for hydroxylation is 2. The molecule has 0 bridgehead atoms. The van der Waals surface area contributed by atoms with E-state index in [1.807, 2.05) is 19.1 Å². The number of aromatic nitrogens is 2. The zero-order valence-electron chi connectivity index (χ0n) is 18.8. The molecule has 2 aromatic carbocycles. The van der Waals surface area contributed by atoms with Crippen molar-refractivity contribution < 1.29 is 13.2 Å². The highest BCUT2D eigenvalue weighted by atomic mass is 32.2. The molecule has 1 unspecified atom stereocenters. The molecule has 2 heterocycles. The standard InChI is InChI=1S/C24H28N4O4S/c1-17-9-11-19(12-10-17)33(31,32)25-15-18-6-5-13-28(16-18)23(29)14-22-20-7-3-4-8-21(20)24(30)27(2)26-22/h3-4,7-12,18,25H,5-6,13-16H2,1-2H3. The number of piperidine rings is 1. The van der Waals surface area contributed by atoms with Crippen LogP contribution in [0.5, 0.6) is 0 Å². The number of benzene rings is 2. The molecule has 1 atom stereocenters. The van der Waals surface area contributed by atoms with Gasteiger partial charge in [-0.3, -0.25) is 9.59 Å². The first-order chi connectivity index (χ1) is 15.7. The number of likely N-dealkylation sites (tertiary alicyclic amines) is 1. The van der Waals surface area contributed by atoms with Gasteiger partial charge in [0.25, 0.3) is 5.56 Å². The first-order valence-corrected chi connectivity index (χ1v) is 12.5. The molecule has 8 nitrogen and oxygen atoms in total. The van der Waals surface area contributed by atoms with Gasteiger partial charge in [0.05, 0.1) is 22.4 Å². The highest BCUT2D eigenvalue weighted by molar-refractivity contribution is 7.89. The number of amides is 1. The van der Waals surface area contributed by atoms with E-state index in [2.05, 4.69) is 9.82 Å². The summed E-state index contributed by atoms with van der Waals surface area (Å²) in [7, 11) is -2.01. The molecule has 4 rings (SSSR count). The predicted molar refractivity (Wildman–Crippen MR) is 126 cm³/mol. The van der Waals surface area contributed by atoms with Crippen molar-refractivity contribution >= 4 is 26.7 Å². The van der Waals surface area contributed by atoms with Gasteiger partial charge in [0.2, 0.25) is 15.9 Å². The smallest absolute Gasteiger partial charge is 0.274 e. The van der Waals surface area contributed by atoms with Gasteiger partial charge in [0.1, 0.15) is 0 Å². The lowest BCUT2D eigenvalue weighted by molar-refractivity contribution is -0.132. The minimum Gasteiger partial charge on any atom is -0.342 e. The molecule has 0 spiro atoms. The number of hydrogen-bond acceptors (Lipinski definition) is 5. The Labute approximate surface area is 193 Å². The summed E-state index contributed by atoms with van der Waals surface area (Å²) in [5.41, 5.74) is 1.37. The molecular formula is C24H28N4O4S. The Hall–Kier alpha value is -3.04. The van der Waals surface area contributed by atoms with E-state index in [0.717, 1.165) is 18.4 Å². The van der Waals surface area contributed by atoms with E-state index < -0.39 is 10.0 Å². The maximum atomic E-state index is 13.1. The Kier molecular flexibility index (Phi) is 6.62. The summed E-state index contributed by atoms with van der Waals surface area (Å²) >= 11 is 0. The Morgan fingerprint density at radius 2 is 1.82 bits per heavy atom. The summed E-state index contributed by atoms with van der Waals surface area (Å²) in [5.74, 6) is -0.0369. The third-order valence-electron chi connectivity index (χ3n) is 6.12. The molecule has 0 radical (unpaired) electrons. The largest absolute Gasteiger partial charge is 0.342 e. The van der Waals surface area contributed by atoms with Gasteiger partial charge in [0.15, 0.2) is 0 Å². The Morgan fingerprint density at radius 3 is 2.55 bits per heavy atom. The number of sulfonamides is 1. The predicted octanol–water partition coefficient (Wildman–Crippen LogP) is 2.00. The van der Waals surface area contributed by atoms with Crippen molar-refractivity contribution in [2.24, 2.45) is 13.0 Å². The first kappa shape index (κ1) is 23.1. The minimum atomic E-state index is -3.59. The molecule has 1 aliphatic heterocycles. The molecular weight excluding hydrogens is 440 g/mol. The fourth-order valence-corrected chi connectivity index (χ4v) is 5.36. The normalized spacial score (nSPS) is 16.8. The van der Waals surface area contributed by atoms with Gasteiger partial charge in [-0.15, -0.1) is 0 Å². The minimum absolute atomic E-state index is 0.0350. The van der Waals surface area contributed by atoms with Crippen molar-refractivity contribution in [3.05, 3.63) is 70.1 Å². The van der Waals surface area contributed by atoms with Crippen LogP contribution in [-0.4, -0.2) is 48.6 Å². The highest BCUT2D eigenvalue weighted by Gasteiger charge is 2.26. The van der Waals surface area contributed by atoms with E-state index in [0.29, 0.717) is 29.6 Å². The maximum Gasteiger partial charge on any atom is 0.274 e. The van der Waals surface area contributed by atoms with Crippen LogP contribution < -0.4 is 10.3 Å². The van der Waals surface area contributed by atoms with Crippen molar-refractivity contribution in [3.8, 4) is 0 Å². The molecule has 33 heavy (non-hydrogen) atoms. The Balaban J connectivity index is 1.42. The maximum absolute atomic E-state index is 13.1. The van der Waals surface area contributed by atoms with Gasteiger partial charge in [-0.1, -0.05) is 35.9 Å². The molecule has 1 aliphatic rings. The molecule has 174 valence electrons. The van der Waals surface area contributed by atoms with Gasteiger partial charge in [-0.25, -0.2) is 17.8 Å². The second-order valence-electron chi connectivity index (χ2n) is 8.61. The van der Waals surface area contributed by atoms with Gasteiger partial charge >= 0.3 is 0 Å². The van der Waals surface area contributed by atoms with Crippen LogP contribution in [0.4, 0.5) is 0 Å². The monoisotopic (exact) mass is 468 g/mol. The van der Waals surface area contributed by atoms with Gasteiger partial charge in [0, 0.05) is 32.1 Å². The second kappa shape index (κ2) is 9.44. The summed E-state index contributed by atoms with van der Waals surface area (Å²) in [6.07, 6.45) is 1.75. The second-order valence-corrected chi connectivity index (χ2v) is 10.4. The molecule has 9 heteroatoms. The quantitative estimate of drug-likeness (QED) is 0.596. The van der Waals surface area contributed by atoms with Crippen LogP contribution in [0.25, 0.3) is 10.8 Å². The van der Waals surface area contributed by atoms with Crippen LogP contribution >= 0.6 is 0 Å². The lowest BCUT2D eigenvalue weighted by Gasteiger charge is -2.33. The lowest BCUT2D eigenvalue weighted by atomic mass is 9.98. The Morgan fingerprint density at radius 1 is 1.12 bits per heavy atom. The number of fused-ring (bicyclic) bond motifs is 1. The van der Waals surface area contributed by atoms with Crippen molar-refractivity contribution in [1.29, 1.82) is 0 Å². The topological polar surface area (TPSA) is 101 Å². The number of carbonyl (C=O) groups excluding carboxylic acids is 1. The summed E-state index contributed by atoms with van der Waals surface area (Å²) in [6, 6.07) is 13.9. The van der Waals surface area contributed by atoms with E-state index in [4.69, 9.17) is 0 Å². The lowest BCUT2D eigenvalue weighted by Crippen LogP contribution is -2.44. The van der Waals surface area contributed by atoms with E-state index in [-0.39, 0.29) is 35.2 Å². The highest BCUT2D eigenvalue weighted by Crippen LogP contribution is 2.20. The number of rotatable bonds is 6. The molecule has 1 saturated heterocycles. The first-order valence-electron chi connectivity index (χ1n) is 11.0. The van der Waals surface area contributed by atoms with Crippen LogP contribution in [0.2, 0.25) is 0 Å². The van der Waals surface area contributed by atoms with Gasteiger partial charge in [-0.2, -0.15) is 5.10 Å². The number of nitrogens with zero attached hydrogens (tertiary/aromatic N) is 3. The zero-order valence-corrected chi connectivity index (χ0v) is 19.6. The van der Waals surface area contributed by atoms with Crippen LogP contribution in [0.1, 0.15) is 24.1 Å². The van der Waals surface area contributed by atoms with Crippen LogP contribution in [-0.2, 0) is 28.3 Å². The third-order valence-corrected chi connectivity index (χ3v) is 7.56. The SMILES string of the molecule is Cc1ccc(S(=O)(=O)NCC2CCCN(C(=O)Cc3nn(C)c(=O)c4ccccc34)C2)cc1. The number of hydrogen-bond donors (Lipinski definition) is 1. The summed E-state index contributed by atoms with van der Waals surface area (Å²) in [6.45, 7) is 3.30. The molecule has 1 aromatic heterocycles. The van der Waals surface area contributed by atoms with E-state index in [1.54, 1.807) is 48.3 Å².